The molecule has 162 valence electrons. The summed E-state index contributed by atoms with van der Waals surface area (Å²) < 4.78 is 28.7. The summed E-state index contributed by atoms with van der Waals surface area (Å²) in [7, 11) is -3.65. The average Bonchev–Trinajstić information content (AvgIpc) is 2.72. The second kappa shape index (κ2) is 10.2. The number of benzene rings is 2. The average molecular weight is 430 g/mol. The Kier molecular flexibility index (Phi) is 7.64. The summed E-state index contributed by atoms with van der Waals surface area (Å²) in [6.07, 6.45) is 2.39. The summed E-state index contributed by atoms with van der Waals surface area (Å²) in [5.74, 6) is -0.253. The van der Waals surface area contributed by atoms with E-state index in [1.807, 2.05) is 56.3 Å². The van der Waals surface area contributed by atoms with E-state index >= 15 is 0 Å². The van der Waals surface area contributed by atoms with E-state index in [-0.39, 0.29) is 18.5 Å². The fourth-order valence-electron chi connectivity index (χ4n) is 3.62. The van der Waals surface area contributed by atoms with Crippen molar-refractivity contribution in [3.8, 4) is 0 Å². The van der Waals surface area contributed by atoms with Crippen LogP contribution in [0.4, 0.5) is 0 Å². The predicted molar refractivity (Wildman–Crippen MR) is 119 cm³/mol. The molecule has 0 radical (unpaired) electrons. The highest BCUT2D eigenvalue weighted by Crippen LogP contribution is 2.19. The zero-order chi connectivity index (χ0) is 21.6. The minimum atomic E-state index is -3.65. The highest BCUT2D eigenvalue weighted by Gasteiger charge is 2.34. The fourth-order valence-corrected chi connectivity index (χ4v) is 5.26. The standard InChI is InChI=1S/C23H31N3O3S/c1-19-9-12-22(13-10-19)17-25-15-6-16-26(30(25,28)29)18-23(27)24-20(2)11-14-21-7-4-3-5-8-21/h3-5,7-10,12-13,20H,6,11,14-18H2,1-2H3,(H,24,27)/t20-/m0/s1. The van der Waals surface area contributed by atoms with E-state index in [2.05, 4.69) is 17.4 Å². The zero-order valence-corrected chi connectivity index (χ0v) is 18.6. The summed E-state index contributed by atoms with van der Waals surface area (Å²) in [5.41, 5.74) is 3.31. The molecule has 2 aromatic rings. The maximum absolute atomic E-state index is 13.0. The van der Waals surface area contributed by atoms with Gasteiger partial charge in [-0.1, -0.05) is 60.2 Å². The van der Waals surface area contributed by atoms with E-state index in [0.29, 0.717) is 26.1 Å². The van der Waals surface area contributed by atoms with Gasteiger partial charge in [-0.05, 0) is 44.2 Å². The lowest BCUT2D eigenvalue weighted by atomic mass is 10.1. The van der Waals surface area contributed by atoms with Crippen LogP contribution in [0.2, 0.25) is 0 Å². The summed E-state index contributed by atoms with van der Waals surface area (Å²) in [5, 5.41) is 2.94. The number of nitrogens with zero attached hydrogens (tertiary/aromatic N) is 2. The molecule has 0 aliphatic carbocycles. The van der Waals surface area contributed by atoms with Crippen LogP contribution < -0.4 is 5.32 Å². The van der Waals surface area contributed by atoms with Crippen LogP contribution in [0, 0.1) is 6.92 Å². The molecule has 1 atom stereocenters. The molecule has 6 nitrogen and oxygen atoms in total. The molecule has 0 unspecified atom stereocenters. The number of carbonyl (C=O) groups is 1. The predicted octanol–water partition coefficient (Wildman–Crippen LogP) is 2.89. The molecule has 1 aliphatic rings. The Morgan fingerprint density at radius 3 is 2.37 bits per heavy atom. The fraction of sp³-hybridized carbons (Fsp3) is 0.435. The van der Waals surface area contributed by atoms with Crippen molar-refractivity contribution in [2.75, 3.05) is 19.6 Å². The van der Waals surface area contributed by atoms with Gasteiger partial charge in [0.15, 0.2) is 0 Å². The van der Waals surface area contributed by atoms with E-state index in [0.717, 1.165) is 24.0 Å². The van der Waals surface area contributed by atoms with Gasteiger partial charge in [-0.25, -0.2) is 0 Å². The van der Waals surface area contributed by atoms with Crippen LogP contribution in [-0.4, -0.2) is 48.6 Å². The minimum absolute atomic E-state index is 0.0196. The molecule has 0 aromatic heterocycles. The molecule has 1 heterocycles. The third-order valence-electron chi connectivity index (χ3n) is 5.38. The Hall–Kier alpha value is -2.22. The van der Waals surface area contributed by atoms with Gasteiger partial charge in [0.2, 0.25) is 5.91 Å². The number of hydrogen-bond acceptors (Lipinski definition) is 3. The normalized spacial score (nSPS) is 18.1. The molecule has 1 saturated heterocycles. The Morgan fingerprint density at radius 2 is 1.67 bits per heavy atom. The summed E-state index contributed by atoms with van der Waals surface area (Å²) in [4.78, 5) is 12.5. The molecule has 2 aromatic carbocycles. The van der Waals surface area contributed by atoms with E-state index in [4.69, 9.17) is 0 Å². The minimum Gasteiger partial charge on any atom is -0.352 e. The molecule has 0 spiro atoms. The molecule has 1 amide bonds. The Balaban J connectivity index is 1.53. The number of amides is 1. The Bertz CT molecular complexity index is 930. The highest BCUT2D eigenvalue weighted by atomic mass is 32.2. The van der Waals surface area contributed by atoms with Gasteiger partial charge in [0, 0.05) is 25.7 Å². The van der Waals surface area contributed by atoms with Gasteiger partial charge in [0.1, 0.15) is 0 Å². The third kappa shape index (κ3) is 6.14. The summed E-state index contributed by atoms with van der Waals surface area (Å²) in [6.45, 7) is 4.99. The third-order valence-corrected chi connectivity index (χ3v) is 7.31. The first kappa shape index (κ1) is 22.5. The van der Waals surface area contributed by atoms with Gasteiger partial charge in [0.25, 0.3) is 10.2 Å². The smallest absolute Gasteiger partial charge is 0.282 e. The second-order valence-corrected chi connectivity index (χ2v) is 9.94. The maximum atomic E-state index is 13.0. The van der Waals surface area contributed by atoms with E-state index in [9.17, 15) is 13.2 Å². The molecule has 7 heteroatoms. The molecule has 0 bridgehead atoms. The molecule has 30 heavy (non-hydrogen) atoms. The van der Waals surface area contributed by atoms with Gasteiger partial charge in [-0.15, -0.1) is 0 Å². The molecule has 3 rings (SSSR count). The zero-order valence-electron chi connectivity index (χ0n) is 17.8. The van der Waals surface area contributed by atoms with Crippen molar-refractivity contribution < 1.29 is 13.2 Å². The summed E-state index contributed by atoms with van der Waals surface area (Å²) in [6, 6.07) is 18.0. The van der Waals surface area contributed by atoms with E-state index < -0.39 is 10.2 Å². The highest BCUT2D eigenvalue weighted by molar-refractivity contribution is 7.86. The van der Waals surface area contributed by atoms with Crippen LogP contribution in [0.1, 0.15) is 36.5 Å². The number of aryl methyl sites for hydroxylation is 2. The van der Waals surface area contributed by atoms with Crippen LogP contribution in [0.15, 0.2) is 54.6 Å². The lowest BCUT2D eigenvalue weighted by Gasteiger charge is -2.34. The maximum Gasteiger partial charge on any atom is 0.282 e. The molecule has 1 N–H and O–H groups in total. The molecule has 1 fully saturated rings. The van der Waals surface area contributed by atoms with Crippen molar-refractivity contribution in [3.05, 3.63) is 71.3 Å². The Labute approximate surface area is 180 Å². The summed E-state index contributed by atoms with van der Waals surface area (Å²) >= 11 is 0. The van der Waals surface area contributed by atoms with Crippen molar-refractivity contribution in [1.82, 2.24) is 13.9 Å². The largest absolute Gasteiger partial charge is 0.352 e. The van der Waals surface area contributed by atoms with Gasteiger partial charge >= 0.3 is 0 Å². The number of nitrogens with one attached hydrogen (secondary N) is 1. The van der Waals surface area contributed by atoms with Crippen molar-refractivity contribution in [2.24, 2.45) is 0 Å². The number of carbonyl (C=O) groups excluding carboxylic acids is 1. The van der Waals surface area contributed by atoms with Crippen LogP contribution in [0.25, 0.3) is 0 Å². The van der Waals surface area contributed by atoms with E-state index in [1.165, 1.54) is 14.2 Å². The van der Waals surface area contributed by atoms with E-state index in [1.54, 1.807) is 0 Å². The first-order valence-electron chi connectivity index (χ1n) is 10.5. The van der Waals surface area contributed by atoms with Gasteiger partial charge in [-0.3, -0.25) is 4.79 Å². The number of hydrogen-bond donors (Lipinski definition) is 1. The van der Waals surface area contributed by atoms with Crippen LogP contribution in [0.3, 0.4) is 0 Å². The molecule has 1 aliphatic heterocycles. The van der Waals surface area contributed by atoms with Crippen molar-refractivity contribution in [3.63, 3.8) is 0 Å². The second-order valence-electron chi connectivity index (χ2n) is 8.01. The van der Waals surface area contributed by atoms with Crippen LogP contribution in [0.5, 0.6) is 0 Å². The van der Waals surface area contributed by atoms with Crippen molar-refractivity contribution >= 4 is 16.1 Å². The van der Waals surface area contributed by atoms with Gasteiger partial charge < -0.3 is 5.32 Å². The molecular weight excluding hydrogens is 398 g/mol. The molecular formula is C23H31N3O3S. The number of rotatable bonds is 8. The molecule has 0 saturated carbocycles. The van der Waals surface area contributed by atoms with Crippen molar-refractivity contribution in [2.45, 2.75) is 45.7 Å². The lowest BCUT2D eigenvalue weighted by Crippen LogP contribution is -2.52. The lowest BCUT2D eigenvalue weighted by molar-refractivity contribution is -0.122. The monoisotopic (exact) mass is 429 g/mol. The Morgan fingerprint density at radius 1 is 1.00 bits per heavy atom. The first-order chi connectivity index (χ1) is 14.3. The first-order valence-corrected chi connectivity index (χ1v) is 11.9. The van der Waals surface area contributed by atoms with Crippen molar-refractivity contribution in [1.29, 1.82) is 0 Å². The van der Waals surface area contributed by atoms with Crippen LogP contribution >= 0.6 is 0 Å². The SMILES string of the molecule is Cc1ccc(CN2CCCN(CC(=O)N[C@@H](C)CCc3ccccc3)S2(=O)=O)cc1. The van der Waals surface area contributed by atoms with Gasteiger partial charge in [0.05, 0.1) is 6.54 Å². The van der Waals surface area contributed by atoms with Crippen LogP contribution in [-0.2, 0) is 28.0 Å². The topological polar surface area (TPSA) is 69.7 Å². The quantitative estimate of drug-likeness (QED) is 0.702. The van der Waals surface area contributed by atoms with Gasteiger partial charge in [-0.2, -0.15) is 17.0 Å².